The Labute approximate surface area is 168 Å². The molecule has 0 unspecified atom stereocenters. The number of carbonyl (C=O) groups excluding carboxylic acids is 1. The average molecular weight is 399 g/mol. The summed E-state index contributed by atoms with van der Waals surface area (Å²) < 4.78 is 12.3. The molecule has 3 aromatic rings. The number of esters is 1. The first-order valence-electron chi connectivity index (χ1n) is 9.73. The Kier molecular flexibility index (Phi) is 5.18. The zero-order chi connectivity index (χ0) is 20.5. The molecule has 0 saturated carbocycles. The summed E-state index contributed by atoms with van der Waals surface area (Å²) in [4.78, 5) is 25.9. The van der Waals surface area contributed by atoms with E-state index in [9.17, 15) is 4.79 Å². The Hall–Kier alpha value is -3.01. The maximum absolute atomic E-state index is 12.6. The number of piperazine rings is 1. The van der Waals surface area contributed by atoms with E-state index >= 15 is 0 Å². The van der Waals surface area contributed by atoms with Gasteiger partial charge in [0.25, 0.3) is 0 Å². The van der Waals surface area contributed by atoms with Crippen molar-refractivity contribution >= 4 is 22.7 Å². The van der Waals surface area contributed by atoms with Gasteiger partial charge < -0.3 is 14.2 Å². The van der Waals surface area contributed by atoms with E-state index in [2.05, 4.69) is 30.0 Å². The van der Waals surface area contributed by atoms with Crippen molar-refractivity contribution in [2.75, 3.05) is 37.7 Å². The largest absolute Gasteiger partial charge is 0.462 e. The van der Waals surface area contributed by atoms with E-state index < -0.39 is 0 Å². The summed E-state index contributed by atoms with van der Waals surface area (Å²) in [6.45, 7) is 9.64. The highest BCUT2D eigenvalue weighted by atomic mass is 16.5. The summed E-state index contributed by atoms with van der Waals surface area (Å²) in [5, 5.41) is 9.25. The van der Waals surface area contributed by atoms with Crippen LogP contribution in [0.25, 0.3) is 11.0 Å². The monoisotopic (exact) mass is 399 g/mol. The first-order valence-corrected chi connectivity index (χ1v) is 9.73. The molecule has 1 fully saturated rings. The minimum atomic E-state index is -0.357. The van der Waals surface area contributed by atoms with Crippen LogP contribution in [-0.4, -0.2) is 68.6 Å². The highest BCUT2D eigenvalue weighted by Crippen LogP contribution is 2.33. The Morgan fingerprint density at radius 2 is 2.00 bits per heavy atom. The van der Waals surface area contributed by atoms with Crippen LogP contribution in [0.15, 0.2) is 10.7 Å². The number of rotatable bonds is 5. The van der Waals surface area contributed by atoms with E-state index in [-0.39, 0.29) is 5.97 Å². The lowest BCUT2D eigenvalue weighted by Crippen LogP contribution is -2.46. The van der Waals surface area contributed by atoms with Crippen molar-refractivity contribution in [2.24, 2.45) is 7.05 Å². The zero-order valence-electron chi connectivity index (χ0n) is 17.2. The lowest BCUT2D eigenvalue weighted by Gasteiger charge is -2.36. The molecule has 1 aliphatic heterocycles. The number of nitrogens with zero attached hydrogens (tertiary/aromatic N) is 7. The lowest BCUT2D eigenvalue weighted by molar-refractivity contribution is 0.0526. The third kappa shape index (κ3) is 3.67. The molecule has 0 radical (unpaired) electrons. The molecule has 29 heavy (non-hydrogen) atoms. The summed E-state index contributed by atoms with van der Waals surface area (Å²) in [5.41, 5.74) is 2.94. The standard InChI is InChI=1S/C19H25N7O3/c1-5-28-19(27)14-10-20-18-16(12(2)22-24(18)4)17(14)26-8-6-25(7-9-26)11-15-21-13(3)23-29-15/h10H,5-9,11H2,1-4H3. The molecule has 0 spiro atoms. The number of hydrogen-bond acceptors (Lipinski definition) is 9. The second kappa shape index (κ2) is 7.78. The summed E-state index contributed by atoms with van der Waals surface area (Å²) in [6, 6.07) is 0. The third-order valence-corrected chi connectivity index (χ3v) is 5.11. The van der Waals surface area contributed by atoms with Gasteiger partial charge in [-0.05, 0) is 20.8 Å². The molecule has 0 amide bonds. The number of carbonyl (C=O) groups is 1. The Morgan fingerprint density at radius 3 is 2.66 bits per heavy atom. The number of ether oxygens (including phenoxy) is 1. The minimum Gasteiger partial charge on any atom is -0.462 e. The van der Waals surface area contributed by atoms with Crippen LogP contribution in [0.5, 0.6) is 0 Å². The van der Waals surface area contributed by atoms with Crippen LogP contribution >= 0.6 is 0 Å². The molecule has 3 aromatic heterocycles. The van der Waals surface area contributed by atoms with Crippen LogP contribution in [0.4, 0.5) is 5.69 Å². The Morgan fingerprint density at radius 1 is 1.24 bits per heavy atom. The highest BCUT2D eigenvalue weighted by Gasteiger charge is 2.27. The lowest BCUT2D eigenvalue weighted by atomic mass is 10.1. The van der Waals surface area contributed by atoms with Crippen molar-refractivity contribution in [1.29, 1.82) is 0 Å². The van der Waals surface area contributed by atoms with Crippen molar-refractivity contribution in [3.63, 3.8) is 0 Å². The number of hydrogen-bond donors (Lipinski definition) is 0. The molecule has 0 aliphatic carbocycles. The summed E-state index contributed by atoms with van der Waals surface area (Å²) in [5.74, 6) is 0.908. The molecule has 4 heterocycles. The number of fused-ring (bicyclic) bond motifs is 1. The van der Waals surface area contributed by atoms with Gasteiger partial charge in [0.2, 0.25) is 5.89 Å². The van der Waals surface area contributed by atoms with Crippen LogP contribution in [0, 0.1) is 13.8 Å². The van der Waals surface area contributed by atoms with Crippen molar-refractivity contribution in [1.82, 2.24) is 29.8 Å². The van der Waals surface area contributed by atoms with Crippen molar-refractivity contribution in [3.8, 4) is 0 Å². The predicted octanol–water partition coefficient (Wildman–Crippen LogP) is 1.47. The van der Waals surface area contributed by atoms with E-state index in [1.54, 1.807) is 17.8 Å². The fourth-order valence-electron chi connectivity index (χ4n) is 3.80. The second-order valence-corrected chi connectivity index (χ2v) is 7.15. The van der Waals surface area contributed by atoms with Gasteiger partial charge >= 0.3 is 5.97 Å². The molecule has 10 heteroatoms. The van der Waals surface area contributed by atoms with Gasteiger partial charge in [-0.3, -0.25) is 9.58 Å². The maximum atomic E-state index is 12.6. The van der Waals surface area contributed by atoms with Gasteiger partial charge in [-0.15, -0.1) is 0 Å². The molecule has 0 aromatic carbocycles. The second-order valence-electron chi connectivity index (χ2n) is 7.15. The van der Waals surface area contributed by atoms with Crippen molar-refractivity contribution in [2.45, 2.75) is 27.3 Å². The minimum absolute atomic E-state index is 0.319. The van der Waals surface area contributed by atoms with E-state index in [4.69, 9.17) is 9.26 Å². The molecule has 154 valence electrons. The normalized spacial score (nSPS) is 15.2. The summed E-state index contributed by atoms with van der Waals surface area (Å²) in [6.07, 6.45) is 1.60. The quantitative estimate of drug-likeness (QED) is 0.590. The van der Waals surface area contributed by atoms with Gasteiger partial charge in [0, 0.05) is 39.4 Å². The Balaban J connectivity index is 1.62. The van der Waals surface area contributed by atoms with Gasteiger partial charge in [-0.25, -0.2) is 9.78 Å². The van der Waals surface area contributed by atoms with Gasteiger partial charge in [-0.2, -0.15) is 10.1 Å². The first kappa shape index (κ1) is 19.3. The molecular formula is C19H25N7O3. The number of anilines is 1. The highest BCUT2D eigenvalue weighted by molar-refractivity contribution is 6.05. The SMILES string of the molecule is CCOC(=O)c1cnc2c(c(C)nn2C)c1N1CCN(Cc2nc(C)no2)CC1. The first-order chi connectivity index (χ1) is 14.0. The predicted molar refractivity (Wildman–Crippen MR) is 106 cm³/mol. The number of aryl methyl sites for hydroxylation is 3. The van der Waals surface area contributed by atoms with E-state index in [0.717, 1.165) is 48.6 Å². The molecular weight excluding hydrogens is 374 g/mol. The Bertz CT molecular complexity index is 1030. The van der Waals surface area contributed by atoms with E-state index in [0.29, 0.717) is 30.4 Å². The van der Waals surface area contributed by atoms with Gasteiger partial charge in [0.05, 0.1) is 29.9 Å². The van der Waals surface area contributed by atoms with Crippen molar-refractivity contribution in [3.05, 3.63) is 29.2 Å². The number of pyridine rings is 1. The molecule has 4 rings (SSSR count). The van der Waals surface area contributed by atoms with Gasteiger partial charge in [-0.1, -0.05) is 5.16 Å². The van der Waals surface area contributed by atoms with Crippen molar-refractivity contribution < 1.29 is 14.1 Å². The topological polar surface area (TPSA) is 102 Å². The molecule has 1 saturated heterocycles. The molecule has 10 nitrogen and oxygen atoms in total. The van der Waals surface area contributed by atoms with Crippen LogP contribution in [0.1, 0.15) is 34.7 Å². The molecule has 0 N–H and O–H groups in total. The van der Waals surface area contributed by atoms with Gasteiger partial charge in [0.1, 0.15) is 5.56 Å². The maximum Gasteiger partial charge on any atom is 0.341 e. The van der Waals surface area contributed by atoms with Crippen LogP contribution < -0.4 is 4.90 Å². The van der Waals surface area contributed by atoms with E-state index in [1.165, 1.54) is 0 Å². The third-order valence-electron chi connectivity index (χ3n) is 5.11. The van der Waals surface area contributed by atoms with Crippen LogP contribution in [0.3, 0.4) is 0 Å². The van der Waals surface area contributed by atoms with Crippen LogP contribution in [0.2, 0.25) is 0 Å². The number of aromatic nitrogens is 5. The van der Waals surface area contributed by atoms with Crippen LogP contribution in [-0.2, 0) is 18.3 Å². The molecule has 0 atom stereocenters. The smallest absolute Gasteiger partial charge is 0.341 e. The summed E-state index contributed by atoms with van der Waals surface area (Å²) >= 11 is 0. The fourth-order valence-corrected chi connectivity index (χ4v) is 3.80. The summed E-state index contributed by atoms with van der Waals surface area (Å²) in [7, 11) is 1.86. The molecule has 1 aliphatic rings. The van der Waals surface area contributed by atoms with E-state index in [1.807, 2.05) is 20.9 Å². The fraction of sp³-hybridized carbons (Fsp3) is 0.526. The van der Waals surface area contributed by atoms with Gasteiger partial charge in [0.15, 0.2) is 11.5 Å². The zero-order valence-corrected chi connectivity index (χ0v) is 17.2. The molecule has 0 bridgehead atoms. The average Bonchev–Trinajstić information content (AvgIpc) is 3.24.